The smallest absolute Gasteiger partial charge is 0.146 e. The molecule has 0 bridgehead atoms. The third-order valence-corrected chi connectivity index (χ3v) is 2.79. The van der Waals surface area contributed by atoms with E-state index >= 15 is 0 Å². The van der Waals surface area contributed by atoms with Crippen molar-refractivity contribution < 1.29 is 4.74 Å². The second-order valence-corrected chi connectivity index (χ2v) is 4.46. The van der Waals surface area contributed by atoms with Gasteiger partial charge in [0, 0.05) is 13.6 Å². The highest BCUT2D eigenvalue weighted by Gasteiger charge is 2.01. The van der Waals surface area contributed by atoms with Crippen LogP contribution in [-0.4, -0.2) is 21.4 Å². The Kier molecular flexibility index (Phi) is 4.92. The maximum atomic E-state index is 5.61. The van der Waals surface area contributed by atoms with Crippen molar-refractivity contribution in [1.29, 1.82) is 0 Å². The molecule has 0 aliphatic heterocycles. The van der Waals surface area contributed by atoms with Gasteiger partial charge in [-0.15, -0.1) is 10.2 Å². The van der Waals surface area contributed by atoms with Gasteiger partial charge in [0.05, 0.1) is 13.2 Å². The molecule has 2 aromatic rings. The monoisotopic (exact) mass is 260 g/mol. The molecule has 19 heavy (non-hydrogen) atoms. The molecular weight excluding hydrogens is 240 g/mol. The number of aromatic nitrogens is 3. The number of rotatable bonds is 7. The topological polar surface area (TPSA) is 52.0 Å². The average molecular weight is 260 g/mol. The largest absolute Gasteiger partial charge is 0.494 e. The van der Waals surface area contributed by atoms with E-state index in [1.165, 1.54) is 5.56 Å². The van der Waals surface area contributed by atoms with Crippen LogP contribution in [0.4, 0.5) is 0 Å². The van der Waals surface area contributed by atoms with Gasteiger partial charge in [-0.1, -0.05) is 19.1 Å². The third kappa shape index (κ3) is 4.06. The number of ether oxygens (including phenoxy) is 1. The van der Waals surface area contributed by atoms with Crippen molar-refractivity contribution in [2.75, 3.05) is 6.61 Å². The average Bonchev–Trinajstić information content (AvgIpc) is 2.83. The summed E-state index contributed by atoms with van der Waals surface area (Å²) in [5, 5.41) is 11.2. The van der Waals surface area contributed by atoms with Gasteiger partial charge in [0.2, 0.25) is 0 Å². The van der Waals surface area contributed by atoms with Crippen molar-refractivity contribution in [3.63, 3.8) is 0 Å². The summed E-state index contributed by atoms with van der Waals surface area (Å²) in [5.74, 6) is 1.86. The first kappa shape index (κ1) is 13.5. The van der Waals surface area contributed by atoms with Crippen LogP contribution in [0.1, 0.15) is 24.7 Å². The van der Waals surface area contributed by atoms with E-state index in [9.17, 15) is 0 Å². The van der Waals surface area contributed by atoms with Crippen LogP contribution >= 0.6 is 0 Å². The molecule has 0 fully saturated rings. The zero-order valence-corrected chi connectivity index (χ0v) is 11.5. The van der Waals surface area contributed by atoms with Crippen LogP contribution in [0.2, 0.25) is 0 Å². The molecule has 2 rings (SSSR count). The van der Waals surface area contributed by atoms with Gasteiger partial charge in [-0.25, -0.2) is 0 Å². The maximum absolute atomic E-state index is 5.61. The lowest BCUT2D eigenvalue weighted by atomic mass is 10.2. The Bertz CT molecular complexity index is 510. The highest BCUT2D eigenvalue weighted by molar-refractivity contribution is 5.28. The Morgan fingerprint density at radius 3 is 2.95 bits per heavy atom. The molecule has 0 amide bonds. The first-order valence-electron chi connectivity index (χ1n) is 6.55. The minimum absolute atomic E-state index is 0.705. The Balaban J connectivity index is 1.84. The second kappa shape index (κ2) is 6.89. The highest BCUT2D eigenvalue weighted by Crippen LogP contribution is 2.13. The molecule has 1 N–H and O–H groups in total. The van der Waals surface area contributed by atoms with Gasteiger partial charge in [-0.2, -0.15) is 0 Å². The van der Waals surface area contributed by atoms with E-state index in [1.807, 2.05) is 23.7 Å². The lowest BCUT2D eigenvalue weighted by molar-refractivity contribution is 0.317. The van der Waals surface area contributed by atoms with E-state index in [4.69, 9.17) is 4.74 Å². The summed E-state index contributed by atoms with van der Waals surface area (Å²) in [7, 11) is 1.94. The van der Waals surface area contributed by atoms with E-state index in [0.29, 0.717) is 6.54 Å². The molecule has 0 spiro atoms. The van der Waals surface area contributed by atoms with Crippen LogP contribution in [0.15, 0.2) is 30.6 Å². The zero-order valence-electron chi connectivity index (χ0n) is 11.5. The normalized spacial score (nSPS) is 10.6. The fraction of sp³-hybridized carbons (Fsp3) is 0.429. The fourth-order valence-corrected chi connectivity index (χ4v) is 1.75. The van der Waals surface area contributed by atoms with Gasteiger partial charge in [-0.3, -0.25) is 0 Å². The standard InChI is InChI=1S/C14H20N4O/c1-3-7-19-13-6-4-5-12(8-13)9-15-10-14-17-16-11-18(14)2/h4-6,8,11,15H,3,7,9-10H2,1-2H3. The molecule has 0 aliphatic rings. The van der Waals surface area contributed by atoms with Gasteiger partial charge in [0.25, 0.3) is 0 Å². The minimum atomic E-state index is 0.705. The van der Waals surface area contributed by atoms with Crippen LogP contribution in [0, 0.1) is 0 Å². The molecular formula is C14H20N4O. The Morgan fingerprint density at radius 2 is 2.21 bits per heavy atom. The molecule has 1 heterocycles. The number of nitrogens with one attached hydrogen (secondary N) is 1. The number of nitrogens with zero attached hydrogens (tertiary/aromatic N) is 3. The van der Waals surface area contributed by atoms with Crippen LogP contribution < -0.4 is 10.1 Å². The zero-order chi connectivity index (χ0) is 13.5. The van der Waals surface area contributed by atoms with Gasteiger partial charge >= 0.3 is 0 Å². The lowest BCUT2D eigenvalue weighted by Crippen LogP contribution is -2.15. The molecule has 5 heteroatoms. The Labute approximate surface area is 113 Å². The predicted octanol–water partition coefficient (Wildman–Crippen LogP) is 1.89. The van der Waals surface area contributed by atoms with Gasteiger partial charge in [0.1, 0.15) is 17.9 Å². The first-order chi connectivity index (χ1) is 9.29. The quantitative estimate of drug-likeness (QED) is 0.826. The molecule has 0 unspecified atom stereocenters. The summed E-state index contributed by atoms with van der Waals surface area (Å²) in [6, 6.07) is 8.16. The lowest BCUT2D eigenvalue weighted by Gasteiger charge is -2.08. The van der Waals surface area contributed by atoms with Crippen molar-refractivity contribution in [2.45, 2.75) is 26.4 Å². The van der Waals surface area contributed by atoms with Gasteiger partial charge < -0.3 is 14.6 Å². The van der Waals surface area contributed by atoms with Crippen molar-refractivity contribution in [1.82, 2.24) is 20.1 Å². The molecule has 0 saturated carbocycles. The number of aryl methyl sites for hydroxylation is 1. The van der Waals surface area contributed by atoms with Crippen molar-refractivity contribution >= 4 is 0 Å². The summed E-state index contributed by atoms with van der Waals surface area (Å²) in [6.45, 7) is 4.36. The molecule has 0 radical (unpaired) electrons. The summed E-state index contributed by atoms with van der Waals surface area (Å²) in [4.78, 5) is 0. The summed E-state index contributed by atoms with van der Waals surface area (Å²) in [6.07, 6.45) is 2.73. The molecule has 102 valence electrons. The minimum Gasteiger partial charge on any atom is -0.494 e. The van der Waals surface area contributed by atoms with E-state index < -0.39 is 0 Å². The molecule has 0 atom stereocenters. The molecule has 1 aromatic carbocycles. The highest BCUT2D eigenvalue weighted by atomic mass is 16.5. The number of hydrogen-bond acceptors (Lipinski definition) is 4. The summed E-state index contributed by atoms with van der Waals surface area (Å²) < 4.78 is 7.52. The van der Waals surface area contributed by atoms with E-state index in [-0.39, 0.29) is 0 Å². The molecule has 5 nitrogen and oxygen atoms in total. The van der Waals surface area contributed by atoms with Crippen molar-refractivity contribution in [3.05, 3.63) is 42.0 Å². The van der Waals surface area contributed by atoms with Crippen LogP contribution in [-0.2, 0) is 20.1 Å². The SMILES string of the molecule is CCCOc1cccc(CNCc2nncn2C)c1. The number of benzene rings is 1. The third-order valence-electron chi connectivity index (χ3n) is 2.79. The molecule has 1 aromatic heterocycles. The van der Waals surface area contributed by atoms with E-state index in [1.54, 1.807) is 6.33 Å². The van der Waals surface area contributed by atoms with Crippen LogP contribution in [0.25, 0.3) is 0 Å². The molecule has 0 saturated heterocycles. The summed E-state index contributed by atoms with van der Waals surface area (Å²) in [5.41, 5.74) is 1.20. The maximum Gasteiger partial charge on any atom is 0.146 e. The van der Waals surface area contributed by atoms with E-state index in [0.717, 1.165) is 31.1 Å². The second-order valence-electron chi connectivity index (χ2n) is 4.46. The van der Waals surface area contributed by atoms with Crippen molar-refractivity contribution in [2.24, 2.45) is 7.05 Å². The van der Waals surface area contributed by atoms with Crippen molar-refractivity contribution in [3.8, 4) is 5.75 Å². The summed E-state index contributed by atoms with van der Waals surface area (Å²) >= 11 is 0. The predicted molar refractivity (Wildman–Crippen MR) is 73.8 cm³/mol. The van der Waals surface area contributed by atoms with Crippen LogP contribution in [0.5, 0.6) is 5.75 Å². The fourth-order valence-electron chi connectivity index (χ4n) is 1.75. The Morgan fingerprint density at radius 1 is 1.32 bits per heavy atom. The van der Waals surface area contributed by atoms with Gasteiger partial charge in [-0.05, 0) is 24.1 Å². The van der Waals surface area contributed by atoms with Crippen LogP contribution in [0.3, 0.4) is 0 Å². The number of hydrogen-bond donors (Lipinski definition) is 1. The van der Waals surface area contributed by atoms with Gasteiger partial charge in [0.15, 0.2) is 0 Å². The first-order valence-corrected chi connectivity index (χ1v) is 6.55. The molecule has 0 aliphatic carbocycles. The Hall–Kier alpha value is -1.88. The van der Waals surface area contributed by atoms with E-state index in [2.05, 4.69) is 34.6 Å².